The van der Waals surface area contributed by atoms with Crippen LogP contribution in [0.25, 0.3) is 0 Å². The Labute approximate surface area is 120 Å². The molecular formula is C15H26N2OS. The quantitative estimate of drug-likeness (QED) is 0.842. The summed E-state index contributed by atoms with van der Waals surface area (Å²) in [5, 5.41) is 14.5. The molecule has 1 aromatic rings. The van der Waals surface area contributed by atoms with E-state index in [0.29, 0.717) is 6.04 Å². The molecule has 1 heterocycles. The molecule has 0 aliphatic heterocycles. The van der Waals surface area contributed by atoms with E-state index in [9.17, 15) is 5.11 Å². The Hall–Kier alpha value is -0.450. The molecular weight excluding hydrogens is 256 g/mol. The van der Waals surface area contributed by atoms with E-state index in [1.54, 1.807) is 0 Å². The first kappa shape index (κ1) is 14.9. The number of aliphatic hydroxyl groups excluding tert-OH is 1. The molecule has 1 atom stereocenters. The molecule has 1 aromatic heterocycles. The molecule has 1 aliphatic rings. The van der Waals surface area contributed by atoms with Crippen molar-refractivity contribution in [2.45, 2.75) is 58.9 Å². The Bertz CT molecular complexity index is 404. The summed E-state index contributed by atoms with van der Waals surface area (Å²) in [5.74, 6) is 0. The number of aryl methyl sites for hydroxylation is 2. The number of rotatable bonds is 6. The molecule has 108 valence electrons. The molecule has 2 rings (SSSR count). The van der Waals surface area contributed by atoms with Crippen molar-refractivity contribution in [2.24, 2.45) is 5.41 Å². The average molecular weight is 282 g/mol. The van der Waals surface area contributed by atoms with Gasteiger partial charge in [0.25, 0.3) is 0 Å². The maximum atomic E-state index is 9.66. The summed E-state index contributed by atoms with van der Waals surface area (Å²) in [5.41, 5.74) is 1.34. The molecule has 0 bridgehead atoms. The van der Waals surface area contributed by atoms with Crippen LogP contribution in [0.2, 0.25) is 0 Å². The van der Waals surface area contributed by atoms with Crippen molar-refractivity contribution in [1.29, 1.82) is 0 Å². The molecule has 0 spiro atoms. The molecule has 1 unspecified atom stereocenters. The van der Waals surface area contributed by atoms with Crippen LogP contribution in [-0.4, -0.2) is 23.2 Å². The van der Waals surface area contributed by atoms with E-state index in [-0.39, 0.29) is 12.0 Å². The van der Waals surface area contributed by atoms with Gasteiger partial charge in [0, 0.05) is 29.5 Å². The summed E-state index contributed by atoms with van der Waals surface area (Å²) in [6.45, 7) is 7.61. The van der Waals surface area contributed by atoms with Crippen molar-refractivity contribution in [1.82, 2.24) is 10.3 Å². The van der Waals surface area contributed by atoms with Gasteiger partial charge in [0.2, 0.25) is 0 Å². The normalized spacial score (nSPS) is 19.5. The van der Waals surface area contributed by atoms with Gasteiger partial charge < -0.3 is 10.4 Å². The summed E-state index contributed by atoms with van der Waals surface area (Å²) in [6, 6.07) is 0.443. The zero-order chi connectivity index (χ0) is 13.9. The summed E-state index contributed by atoms with van der Waals surface area (Å²) in [7, 11) is 0. The van der Waals surface area contributed by atoms with Gasteiger partial charge in [-0.05, 0) is 39.0 Å². The third-order valence-corrected chi connectivity index (χ3v) is 5.74. The van der Waals surface area contributed by atoms with Gasteiger partial charge in [-0.25, -0.2) is 4.98 Å². The van der Waals surface area contributed by atoms with E-state index in [1.807, 2.05) is 11.3 Å². The van der Waals surface area contributed by atoms with Crippen molar-refractivity contribution < 1.29 is 5.11 Å². The predicted molar refractivity (Wildman–Crippen MR) is 80.6 cm³/mol. The minimum Gasteiger partial charge on any atom is -0.396 e. The zero-order valence-corrected chi connectivity index (χ0v) is 13.1. The minimum atomic E-state index is 0.0390. The van der Waals surface area contributed by atoms with Crippen LogP contribution in [0, 0.1) is 12.3 Å². The van der Waals surface area contributed by atoms with Crippen molar-refractivity contribution in [3.8, 4) is 0 Å². The highest BCUT2D eigenvalue weighted by Gasteiger charge is 2.29. The predicted octanol–water partition coefficient (Wildman–Crippen LogP) is 3.22. The van der Waals surface area contributed by atoms with Gasteiger partial charge in [-0.2, -0.15) is 0 Å². The molecule has 0 radical (unpaired) electrons. The second-order valence-corrected chi connectivity index (χ2v) is 6.97. The Morgan fingerprint density at radius 2 is 2.16 bits per heavy atom. The lowest BCUT2D eigenvalue weighted by Crippen LogP contribution is -2.38. The van der Waals surface area contributed by atoms with E-state index in [1.165, 1.54) is 28.4 Å². The highest BCUT2D eigenvalue weighted by Crippen LogP contribution is 2.35. The highest BCUT2D eigenvalue weighted by molar-refractivity contribution is 7.11. The maximum Gasteiger partial charge on any atom is 0.0900 e. The smallest absolute Gasteiger partial charge is 0.0900 e. The number of hydrogen-bond acceptors (Lipinski definition) is 4. The van der Waals surface area contributed by atoms with Crippen molar-refractivity contribution >= 4 is 11.3 Å². The minimum absolute atomic E-state index is 0.0390. The van der Waals surface area contributed by atoms with Gasteiger partial charge in [-0.3, -0.25) is 0 Å². The third-order valence-electron chi connectivity index (χ3n) is 4.62. The van der Waals surface area contributed by atoms with Crippen LogP contribution >= 0.6 is 11.3 Å². The van der Waals surface area contributed by atoms with Gasteiger partial charge in [0.15, 0.2) is 0 Å². The number of thiazole rings is 1. The van der Waals surface area contributed by atoms with Crippen molar-refractivity contribution in [2.75, 3.05) is 13.2 Å². The number of fused-ring (bicyclic) bond motifs is 1. The van der Waals surface area contributed by atoms with Crippen LogP contribution < -0.4 is 5.32 Å². The monoisotopic (exact) mass is 282 g/mol. The SMILES string of the molecule is CCC(CC)(CO)CNC1CCCc2nc(C)sc21. The first-order chi connectivity index (χ1) is 9.14. The number of aliphatic hydroxyl groups is 1. The lowest BCUT2D eigenvalue weighted by Gasteiger charge is -2.33. The van der Waals surface area contributed by atoms with Gasteiger partial charge in [0.1, 0.15) is 0 Å². The molecule has 3 nitrogen and oxygen atoms in total. The second kappa shape index (κ2) is 6.33. The van der Waals surface area contributed by atoms with Crippen LogP contribution in [0.3, 0.4) is 0 Å². The number of nitrogens with one attached hydrogen (secondary N) is 1. The summed E-state index contributed by atoms with van der Waals surface area (Å²) < 4.78 is 0. The highest BCUT2D eigenvalue weighted by atomic mass is 32.1. The molecule has 4 heteroatoms. The Morgan fingerprint density at radius 3 is 2.79 bits per heavy atom. The van der Waals surface area contributed by atoms with Crippen LogP contribution in [0.5, 0.6) is 0 Å². The third kappa shape index (κ3) is 3.18. The first-order valence-corrected chi connectivity index (χ1v) is 8.26. The van der Waals surface area contributed by atoms with Crippen LogP contribution in [0.1, 0.15) is 61.2 Å². The van der Waals surface area contributed by atoms with Gasteiger partial charge in [-0.15, -0.1) is 11.3 Å². The Morgan fingerprint density at radius 1 is 1.42 bits per heavy atom. The van der Waals surface area contributed by atoms with E-state index >= 15 is 0 Å². The first-order valence-electron chi connectivity index (χ1n) is 7.44. The molecule has 0 aromatic carbocycles. The van der Waals surface area contributed by atoms with Crippen LogP contribution in [-0.2, 0) is 6.42 Å². The Kier molecular flexibility index (Phi) is 4.98. The number of hydrogen-bond donors (Lipinski definition) is 2. The summed E-state index contributed by atoms with van der Waals surface area (Å²) in [6.07, 6.45) is 5.59. The van der Waals surface area contributed by atoms with E-state index < -0.39 is 0 Å². The fourth-order valence-electron chi connectivity index (χ4n) is 2.86. The topological polar surface area (TPSA) is 45.1 Å². The molecule has 0 amide bonds. The summed E-state index contributed by atoms with van der Waals surface area (Å²) in [4.78, 5) is 6.07. The molecule has 0 saturated carbocycles. The molecule has 0 fully saturated rings. The van der Waals surface area contributed by atoms with Crippen LogP contribution in [0.15, 0.2) is 0 Å². The van der Waals surface area contributed by atoms with Gasteiger partial charge in [0.05, 0.1) is 10.7 Å². The molecule has 19 heavy (non-hydrogen) atoms. The number of aromatic nitrogens is 1. The fraction of sp³-hybridized carbons (Fsp3) is 0.800. The van der Waals surface area contributed by atoms with Gasteiger partial charge in [-0.1, -0.05) is 13.8 Å². The largest absolute Gasteiger partial charge is 0.396 e. The van der Waals surface area contributed by atoms with Crippen molar-refractivity contribution in [3.63, 3.8) is 0 Å². The van der Waals surface area contributed by atoms with E-state index in [0.717, 1.165) is 25.8 Å². The van der Waals surface area contributed by atoms with Crippen LogP contribution in [0.4, 0.5) is 0 Å². The lowest BCUT2D eigenvalue weighted by atomic mass is 9.82. The second-order valence-electron chi connectivity index (χ2n) is 5.73. The number of nitrogens with zero attached hydrogens (tertiary/aromatic N) is 1. The lowest BCUT2D eigenvalue weighted by molar-refractivity contribution is 0.109. The fourth-order valence-corrected chi connectivity index (χ4v) is 3.94. The molecule has 1 aliphatic carbocycles. The van der Waals surface area contributed by atoms with E-state index in [2.05, 4.69) is 31.1 Å². The van der Waals surface area contributed by atoms with E-state index in [4.69, 9.17) is 0 Å². The molecule has 0 saturated heterocycles. The standard InChI is InChI=1S/C15H26N2OS/c1-4-15(5-2,10-18)9-16-12-7-6-8-13-14(12)19-11(3)17-13/h12,16,18H,4-10H2,1-3H3. The zero-order valence-electron chi connectivity index (χ0n) is 12.3. The van der Waals surface area contributed by atoms with Crippen molar-refractivity contribution in [3.05, 3.63) is 15.6 Å². The molecule has 2 N–H and O–H groups in total. The summed E-state index contributed by atoms with van der Waals surface area (Å²) >= 11 is 1.84. The van der Waals surface area contributed by atoms with Gasteiger partial charge >= 0.3 is 0 Å². The Balaban J connectivity index is 2.04. The average Bonchev–Trinajstić information content (AvgIpc) is 2.82. The maximum absolute atomic E-state index is 9.66.